The number of hydrogen-bond acceptors (Lipinski definition) is 5. The summed E-state index contributed by atoms with van der Waals surface area (Å²) in [4.78, 5) is 25.7. The third-order valence-electron chi connectivity index (χ3n) is 5.81. The number of anilines is 1. The van der Waals surface area contributed by atoms with Gasteiger partial charge in [0, 0.05) is 56.9 Å². The first kappa shape index (κ1) is 19.4. The zero-order valence-electron chi connectivity index (χ0n) is 16.7. The molecule has 2 aliphatic rings. The molecule has 0 aromatic carbocycles. The summed E-state index contributed by atoms with van der Waals surface area (Å²) in [5.74, 6) is 1.71. The molecule has 4 rings (SSSR count). The van der Waals surface area contributed by atoms with Crippen LogP contribution in [0.2, 0.25) is 0 Å². The molecule has 6 heteroatoms. The maximum atomic E-state index is 12.7. The number of carbonyl (C=O) groups is 1. The van der Waals surface area contributed by atoms with Gasteiger partial charge in [-0.05, 0) is 48.8 Å². The van der Waals surface area contributed by atoms with E-state index in [1.165, 1.54) is 11.3 Å². The normalized spacial score (nSPS) is 21.5. The van der Waals surface area contributed by atoms with Gasteiger partial charge in [-0.3, -0.25) is 9.69 Å². The molecular formula is C22H30N4OS. The number of thiophene rings is 1. The Labute approximate surface area is 172 Å². The van der Waals surface area contributed by atoms with Crippen LogP contribution in [0.3, 0.4) is 0 Å². The number of carbonyl (C=O) groups excluding carboxylic acids is 1. The number of hydrogen-bond donors (Lipinski definition) is 0. The molecule has 150 valence electrons. The average molecular weight is 399 g/mol. The molecule has 5 nitrogen and oxygen atoms in total. The second-order valence-electron chi connectivity index (χ2n) is 8.10. The standard InChI is InChI=1S/C22H30N4OS/c1-18-5-2-10-26(16-18)22(27)19-7-8-21(23-15-19)25-11-4-9-24(12-13-25)17-20-6-3-14-28-20/h3,6-8,14-15,18H,2,4-5,9-13,16-17H2,1H3/t18-/m0/s1. The number of aromatic nitrogens is 1. The third-order valence-corrected chi connectivity index (χ3v) is 6.67. The summed E-state index contributed by atoms with van der Waals surface area (Å²) in [6.07, 6.45) is 5.23. The van der Waals surface area contributed by atoms with Gasteiger partial charge in [-0.15, -0.1) is 11.3 Å². The highest BCUT2D eigenvalue weighted by molar-refractivity contribution is 7.09. The monoisotopic (exact) mass is 398 g/mol. The van der Waals surface area contributed by atoms with Crippen molar-refractivity contribution in [3.8, 4) is 0 Å². The van der Waals surface area contributed by atoms with Crippen LogP contribution in [-0.2, 0) is 6.54 Å². The molecule has 4 heterocycles. The van der Waals surface area contributed by atoms with Gasteiger partial charge in [0.2, 0.25) is 0 Å². The Hall–Kier alpha value is -1.92. The van der Waals surface area contributed by atoms with Crippen molar-refractivity contribution < 1.29 is 4.79 Å². The van der Waals surface area contributed by atoms with Crippen LogP contribution in [0, 0.1) is 5.92 Å². The zero-order chi connectivity index (χ0) is 19.3. The fourth-order valence-electron chi connectivity index (χ4n) is 4.24. The van der Waals surface area contributed by atoms with Gasteiger partial charge < -0.3 is 9.80 Å². The molecule has 1 amide bonds. The van der Waals surface area contributed by atoms with Crippen molar-refractivity contribution in [2.75, 3.05) is 44.2 Å². The van der Waals surface area contributed by atoms with Crippen molar-refractivity contribution in [1.29, 1.82) is 0 Å². The van der Waals surface area contributed by atoms with E-state index < -0.39 is 0 Å². The van der Waals surface area contributed by atoms with E-state index in [1.807, 2.05) is 28.4 Å². The number of pyridine rings is 1. The Morgan fingerprint density at radius 1 is 1.14 bits per heavy atom. The van der Waals surface area contributed by atoms with Crippen LogP contribution < -0.4 is 4.90 Å². The van der Waals surface area contributed by atoms with Crippen molar-refractivity contribution in [1.82, 2.24) is 14.8 Å². The Kier molecular flexibility index (Phi) is 6.27. The Morgan fingerprint density at radius 2 is 2.07 bits per heavy atom. The van der Waals surface area contributed by atoms with Crippen LogP contribution in [0.5, 0.6) is 0 Å². The summed E-state index contributed by atoms with van der Waals surface area (Å²) in [7, 11) is 0. The van der Waals surface area contributed by atoms with Crippen LogP contribution >= 0.6 is 11.3 Å². The van der Waals surface area contributed by atoms with Crippen LogP contribution in [0.15, 0.2) is 35.8 Å². The summed E-state index contributed by atoms with van der Waals surface area (Å²) in [6.45, 7) is 9.18. The number of rotatable bonds is 4. The van der Waals surface area contributed by atoms with E-state index in [0.717, 1.165) is 64.5 Å². The number of amides is 1. The SMILES string of the molecule is C[C@H]1CCCN(C(=O)c2ccc(N3CCCN(Cc4cccs4)CC3)nc2)C1. The van der Waals surface area contributed by atoms with E-state index in [1.54, 1.807) is 6.20 Å². The van der Waals surface area contributed by atoms with Gasteiger partial charge in [0.15, 0.2) is 0 Å². The maximum absolute atomic E-state index is 12.7. The lowest BCUT2D eigenvalue weighted by Gasteiger charge is -2.31. The second-order valence-corrected chi connectivity index (χ2v) is 9.13. The molecule has 2 saturated heterocycles. The van der Waals surface area contributed by atoms with Gasteiger partial charge >= 0.3 is 0 Å². The molecule has 0 saturated carbocycles. The van der Waals surface area contributed by atoms with Gasteiger partial charge in [-0.2, -0.15) is 0 Å². The van der Waals surface area contributed by atoms with E-state index >= 15 is 0 Å². The molecule has 2 aromatic rings. The first-order chi connectivity index (χ1) is 13.7. The Balaban J connectivity index is 1.35. The molecule has 2 aliphatic heterocycles. The summed E-state index contributed by atoms with van der Waals surface area (Å²) in [5, 5.41) is 2.15. The van der Waals surface area contributed by atoms with Crippen LogP contribution in [0.1, 0.15) is 41.4 Å². The summed E-state index contributed by atoms with van der Waals surface area (Å²) in [5.41, 5.74) is 0.715. The van der Waals surface area contributed by atoms with Gasteiger partial charge in [0.25, 0.3) is 5.91 Å². The fourth-order valence-corrected chi connectivity index (χ4v) is 4.98. The van der Waals surface area contributed by atoms with Crippen molar-refractivity contribution in [3.63, 3.8) is 0 Å². The average Bonchev–Trinajstić information content (AvgIpc) is 3.12. The molecule has 0 N–H and O–H groups in total. The van der Waals surface area contributed by atoms with Gasteiger partial charge in [0.1, 0.15) is 5.82 Å². The molecule has 2 fully saturated rings. The minimum Gasteiger partial charge on any atom is -0.355 e. The van der Waals surface area contributed by atoms with E-state index in [2.05, 4.69) is 39.2 Å². The number of nitrogens with zero attached hydrogens (tertiary/aromatic N) is 4. The molecule has 0 bridgehead atoms. The van der Waals surface area contributed by atoms with Crippen molar-refractivity contribution in [3.05, 3.63) is 46.3 Å². The predicted octanol–water partition coefficient (Wildman–Crippen LogP) is 3.73. The Bertz CT molecular complexity index is 761. The van der Waals surface area contributed by atoms with Gasteiger partial charge in [-0.1, -0.05) is 13.0 Å². The number of likely N-dealkylation sites (tertiary alicyclic amines) is 1. The fraction of sp³-hybridized carbons (Fsp3) is 0.545. The maximum Gasteiger partial charge on any atom is 0.255 e. The topological polar surface area (TPSA) is 39.7 Å². The predicted molar refractivity (Wildman–Crippen MR) is 115 cm³/mol. The first-order valence-electron chi connectivity index (χ1n) is 10.4. The molecule has 0 unspecified atom stereocenters. The first-order valence-corrected chi connectivity index (χ1v) is 11.3. The van der Waals surface area contributed by atoms with Crippen molar-refractivity contribution in [2.24, 2.45) is 5.92 Å². The quantitative estimate of drug-likeness (QED) is 0.787. The summed E-state index contributed by atoms with van der Waals surface area (Å²) >= 11 is 1.83. The van der Waals surface area contributed by atoms with E-state index in [0.29, 0.717) is 11.5 Å². The van der Waals surface area contributed by atoms with E-state index in [-0.39, 0.29) is 5.91 Å². The lowest BCUT2D eigenvalue weighted by atomic mass is 10.00. The number of piperidine rings is 1. The van der Waals surface area contributed by atoms with E-state index in [4.69, 9.17) is 0 Å². The highest BCUT2D eigenvalue weighted by Gasteiger charge is 2.23. The van der Waals surface area contributed by atoms with Crippen molar-refractivity contribution in [2.45, 2.75) is 32.7 Å². The minimum atomic E-state index is 0.128. The van der Waals surface area contributed by atoms with Crippen LogP contribution in [0.25, 0.3) is 0 Å². The third kappa shape index (κ3) is 4.73. The van der Waals surface area contributed by atoms with Crippen molar-refractivity contribution >= 4 is 23.1 Å². The zero-order valence-corrected chi connectivity index (χ0v) is 17.5. The molecule has 0 aliphatic carbocycles. The summed E-state index contributed by atoms with van der Waals surface area (Å²) in [6, 6.07) is 8.32. The molecule has 28 heavy (non-hydrogen) atoms. The molecular weight excluding hydrogens is 368 g/mol. The summed E-state index contributed by atoms with van der Waals surface area (Å²) < 4.78 is 0. The van der Waals surface area contributed by atoms with E-state index in [9.17, 15) is 4.79 Å². The second kappa shape index (κ2) is 9.05. The smallest absolute Gasteiger partial charge is 0.255 e. The van der Waals surface area contributed by atoms with Crippen LogP contribution in [-0.4, -0.2) is 60.0 Å². The molecule has 2 aromatic heterocycles. The molecule has 0 radical (unpaired) electrons. The van der Waals surface area contributed by atoms with Gasteiger partial charge in [0.05, 0.1) is 5.56 Å². The van der Waals surface area contributed by atoms with Gasteiger partial charge in [-0.25, -0.2) is 4.98 Å². The highest BCUT2D eigenvalue weighted by atomic mass is 32.1. The van der Waals surface area contributed by atoms with Crippen LogP contribution in [0.4, 0.5) is 5.82 Å². The highest BCUT2D eigenvalue weighted by Crippen LogP contribution is 2.20. The minimum absolute atomic E-state index is 0.128. The molecule has 0 spiro atoms. The lowest BCUT2D eigenvalue weighted by molar-refractivity contribution is 0.0682. The largest absolute Gasteiger partial charge is 0.355 e. The molecule has 1 atom stereocenters. The lowest BCUT2D eigenvalue weighted by Crippen LogP contribution is -2.39. The Morgan fingerprint density at radius 3 is 2.82 bits per heavy atom.